The van der Waals surface area contributed by atoms with Gasteiger partial charge in [0.2, 0.25) is 0 Å². The molecule has 0 unspecified atom stereocenters. The van der Waals surface area contributed by atoms with Gasteiger partial charge in [0.15, 0.2) is 5.65 Å². The second kappa shape index (κ2) is 8.22. The topological polar surface area (TPSA) is 87.4 Å². The number of nitrogens with one attached hydrogen (secondary N) is 2. The van der Waals surface area contributed by atoms with Crippen molar-refractivity contribution >= 4 is 33.2 Å². The highest BCUT2D eigenvalue weighted by Crippen LogP contribution is 2.28. The fraction of sp³-hybridized carbons (Fsp3) is 0.421. The molecule has 3 N–H and O–H groups in total. The number of pyridine rings is 1. The van der Waals surface area contributed by atoms with Crippen LogP contribution < -0.4 is 10.6 Å². The first-order valence-corrected chi connectivity index (χ1v) is 10.1. The number of aliphatic hydroxyl groups is 1. The molecule has 7 nitrogen and oxygen atoms in total. The van der Waals surface area contributed by atoms with Gasteiger partial charge in [-0.3, -0.25) is 4.98 Å². The van der Waals surface area contributed by atoms with E-state index in [0.29, 0.717) is 6.54 Å². The molecule has 1 aliphatic carbocycles. The van der Waals surface area contributed by atoms with Crippen molar-refractivity contribution in [3.05, 3.63) is 46.8 Å². The van der Waals surface area contributed by atoms with Crippen LogP contribution in [-0.4, -0.2) is 37.3 Å². The molecule has 8 heteroatoms. The van der Waals surface area contributed by atoms with Crippen LogP contribution in [-0.2, 0) is 6.54 Å². The van der Waals surface area contributed by atoms with Crippen molar-refractivity contribution in [3.8, 4) is 0 Å². The maximum Gasteiger partial charge on any atom is 0.173 e. The van der Waals surface area contributed by atoms with Gasteiger partial charge in [-0.1, -0.05) is 18.9 Å². The van der Waals surface area contributed by atoms with Gasteiger partial charge in [0.05, 0.1) is 10.7 Å². The van der Waals surface area contributed by atoms with Crippen molar-refractivity contribution < 1.29 is 5.11 Å². The van der Waals surface area contributed by atoms with Crippen LogP contribution in [0, 0.1) is 5.92 Å². The summed E-state index contributed by atoms with van der Waals surface area (Å²) in [5.41, 5.74) is 1.85. The minimum atomic E-state index is 0.211. The third-order valence-electron chi connectivity index (χ3n) is 5.10. The Morgan fingerprint density at radius 1 is 1.26 bits per heavy atom. The van der Waals surface area contributed by atoms with Gasteiger partial charge in [-0.2, -0.15) is 9.61 Å². The summed E-state index contributed by atoms with van der Waals surface area (Å²) >= 11 is 3.53. The van der Waals surface area contributed by atoms with Crippen LogP contribution in [0.2, 0.25) is 0 Å². The van der Waals surface area contributed by atoms with Gasteiger partial charge in [-0.25, -0.2) is 4.98 Å². The highest BCUT2D eigenvalue weighted by atomic mass is 79.9. The van der Waals surface area contributed by atoms with Gasteiger partial charge < -0.3 is 15.7 Å². The monoisotopic (exact) mass is 430 g/mol. The van der Waals surface area contributed by atoms with Crippen LogP contribution in [0.5, 0.6) is 0 Å². The molecule has 0 aromatic carbocycles. The number of rotatable bonds is 6. The van der Waals surface area contributed by atoms with Crippen LogP contribution in [0.4, 0.5) is 11.6 Å². The number of fused-ring (bicyclic) bond motifs is 1. The highest BCUT2D eigenvalue weighted by molar-refractivity contribution is 9.10. The first kappa shape index (κ1) is 18.2. The van der Waals surface area contributed by atoms with E-state index in [4.69, 9.17) is 4.98 Å². The Balaban J connectivity index is 1.60. The Hall–Kier alpha value is -2.19. The predicted octanol–water partition coefficient (Wildman–Crippen LogP) is 3.46. The lowest BCUT2D eigenvalue weighted by Gasteiger charge is -2.31. The molecule has 0 amide bonds. The third-order valence-corrected chi connectivity index (χ3v) is 5.66. The summed E-state index contributed by atoms with van der Waals surface area (Å²) in [4.78, 5) is 8.88. The van der Waals surface area contributed by atoms with E-state index in [2.05, 4.69) is 36.6 Å². The van der Waals surface area contributed by atoms with Crippen molar-refractivity contribution in [2.24, 2.45) is 5.92 Å². The molecule has 142 valence electrons. The molecule has 0 saturated heterocycles. The molecule has 4 rings (SSSR count). The number of anilines is 2. The quantitative estimate of drug-likeness (QED) is 0.554. The summed E-state index contributed by atoms with van der Waals surface area (Å²) in [5.74, 6) is 1.92. The average Bonchev–Trinajstić information content (AvgIpc) is 3.08. The largest absolute Gasteiger partial charge is 0.396 e. The van der Waals surface area contributed by atoms with Gasteiger partial charge in [-0.05, 0) is 40.4 Å². The van der Waals surface area contributed by atoms with E-state index in [9.17, 15) is 5.11 Å². The van der Waals surface area contributed by atoms with Crippen molar-refractivity contribution in [2.75, 3.05) is 17.2 Å². The van der Waals surface area contributed by atoms with Crippen LogP contribution in [0.1, 0.15) is 31.2 Å². The molecule has 0 spiro atoms. The normalized spacial score (nSPS) is 19.9. The maximum atomic E-state index is 9.69. The van der Waals surface area contributed by atoms with Crippen molar-refractivity contribution in [2.45, 2.75) is 38.3 Å². The number of aliphatic hydroxyl groups excluding tert-OH is 1. The van der Waals surface area contributed by atoms with E-state index in [1.54, 1.807) is 16.9 Å². The van der Waals surface area contributed by atoms with Crippen LogP contribution >= 0.6 is 15.9 Å². The summed E-state index contributed by atoms with van der Waals surface area (Å²) in [5, 5.41) is 21.1. The van der Waals surface area contributed by atoms with Crippen molar-refractivity contribution in [1.29, 1.82) is 0 Å². The summed E-state index contributed by atoms with van der Waals surface area (Å²) < 4.78 is 2.63. The Labute approximate surface area is 166 Å². The summed E-state index contributed by atoms with van der Waals surface area (Å²) in [6.07, 6.45) is 9.83. The summed E-state index contributed by atoms with van der Waals surface area (Å²) in [6, 6.07) is 6.18. The van der Waals surface area contributed by atoms with E-state index in [-0.39, 0.29) is 18.6 Å². The number of halogens is 1. The Kier molecular flexibility index (Phi) is 5.54. The third kappa shape index (κ3) is 4.06. The highest BCUT2D eigenvalue weighted by Gasteiger charge is 2.25. The predicted molar refractivity (Wildman–Crippen MR) is 109 cm³/mol. The SMILES string of the molecule is OC[C@@H]1CCCC[C@@H]1Nc1cc(NCc2cccnc2)n2ncc(Br)c2n1. The molecule has 3 aromatic rings. The van der Waals surface area contributed by atoms with Gasteiger partial charge in [-0.15, -0.1) is 0 Å². The Morgan fingerprint density at radius 2 is 2.15 bits per heavy atom. The molecular formula is C19H23BrN6O. The number of hydrogen-bond acceptors (Lipinski definition) is 6. The number of hydrogen-bond donors (Lipinski definition) is 3. The zero-order valence-electron chi connectivity index (χ0n) is 15.0. The molecule has 1 fully saturated rings. The van der Waals surface area contributed by atoms with Gasteiger partial charge in [0.25, 0.3) is 0 Å². The minimum absolute atomic E-state index is 0.211. The Bertz CT molecular complexity index is 900. The zero-order valence-corrected chi connectivity index (χ0v) is 16.6. The molecule has 0 bridgehead atoms. The first-order chi connectivity index (χ1) is 13.2. The van der Waals surface area contributed by atoms with E-state index in [1.165, 1.54) is 12.8 Å². The smallest absolute Gasteiger partial charge is 0.173 e. The molecular weight excluding hydrogens is 408 g/mol. The molecule has 3 heterocycles. The molecule has 2 atom stereocenters. The number of aromatic nitrogens is 4. The lowest BCUT2D eigenvalue weighted by atomic mass is 9.85. The lowest BCUT2D eigenvalue weighted by Crippen LogP contribution is -2.34. The minimum Gasteiger partial charge on any atom is -0.396 e. The molecule has 3 aromatic heterocycles. The average molecular weight is 431 g/mol. The Morgan fingerprint density at radius 3 is 2.96 bits per heavy atom. The zero-order chi connectivity index (χ0) is 18.6. The van der Waals surface area contributed by atoms with E-state index < -0.39 is 0 Å². The second-order valence-corrected chi connectivity index (χ2v) is 7.80. The van der Waals surface area contributed by atoms with Crippen LogP contribution in [0.25, 0.3) is 5.65 Å². The maximum absolute atomic E-state index is 9.69. The lowest BCUT2D eigenvalue weighted by molar-refractivity contribution is 0.178. The van der Waals surface area contributed by atoms with E-state index in [0.717, 1.165) is 40.2 Å². The molecule has 1 saturated carbocycles. The summed E-state index contributed by atoms with van der Waals surface area (Å²) in [6.45, 7) is 0.856. The van der Waals surface area contributed by atoms with Gasteiger partial charge in [0, 0.05) is 43.6 Å². The van der Waals surface area contributed by atoms with Gasteiger partial charge in [0.1, 0.15) is 11.6 Å². The number of nitrogens with zero attached hydrogens (tertiary/aromatic N) is 4. The van der Waals surface area contributed by atoms with E-state index >= 15 is 0 Å². The van der Waals surface area contributed by atoms with Gasteiger partial charge >= 0.3 is 0 Å². The molecule has 0 aliphatic heterocycles. The van der Waals surface area contributed by atoms with E-state index in [1.807, 2.05) is 24.4 Å². The van der Waals surface area contributed by atoms with Crippen LogP contribution in [0.15, 0.2) is 41.3 Å². The molecule has 27 heavy (non-hydrogen) atoms. The molecule has 0 radical (unpaired) electrons. The fourth-order valence-corrected chi connectivity index (χ4v) is 3.99. The molecule has 1 aliphatic rings. The van der Waals surface area contributed by atoms with Crippen molar-refractivity contribution in [1.82, 2.24) is 19.6 Å². The van der Waals surface area contributed by atoms with Crippen LogP contribution in [0.3, 0.4) is 0 Å². The second-order valence-electron chi connectivity index (χ2n) is 6.95. The standard InChI is InChI=1S/C19H23BrN6O/c20-15-11-23-26-18(22-10-13-4-3-7-21-9-13)8-17(25-19(15)26)24-16-6-2-1-5-14(16)12-27/h3-4,7-9,11,14,16,22,27H,1-2,5-6,10,12H2,(H,24,25)/t14-,16-/m0/s1. The summed E-state index contributed by atoms with van der Waals surface area (Å²) in [7, 11) is 0. The fourth-order valence-electron chi connectivity index (χ4n) is 3.64. The first-order valence-electron chi connectivity index (χ1n) is 9.29. The van der Waals surface area contributed by atoms with Crippen molar-refractivity contribution in [3.63, 3.8) is 0 Å².